The average Bonchev–Trinajstić information content (AvgIpc) is 2.64. The largest absolute Gasteiger partial charge is 0.382 e. The van der Waals surface area contributed by atoms with Crippen LogP contribution in [0.4, 0.5) is 5.69 Å². The van der Waals surface area contributed by atoms with Crippen molar-refractivity contribution in [1.82, 2.24) is 16.0 Å². The van der Waals surface area contributed by atoms with E-state index in [0.29, 0.717) is 19.6 Å². The van der Waals surface area contributed by atoms with Crippen molar-refractivity contribution >= 4 is 17.6 Å². The summed E-state index contributed by atoms with van der Waals surface area (Å²) in [5.74, 6) is 0.865. The summed E-state index contributed by atoms with van der Waals surface area (Å²) in [4.78, 5) is 17.8. The van der Waals surface area contributed by atoms with Crippen LogP contribution >= 0.6 is 0 Å². The molecule has 1 aromatic rings. The fourth-order valence-corrected chi connectivity index (χ4v) is 2.62. The van der Waals surface area contributed by atoms with Crippen LogP contribution in [0.3, 0.4) is 0 Å². The van der Waals surface area contributed by atoms with Gasteiger partial charge in [0.15, 0.2) is 5.96 Å². The summed E-state index contributed by atoms with van der Waals surface area (Å²) in [7, 11) is 1.77. The molecule has 0 atom stereocenters. The van der Waals surface area contributed by atoms with Gasteiger partial charge in [-0.05, 0) is 31.0 Å². The summed E-state index contributed by atoms with van der Waals surface area (Å²) in [6.45, 7) is 7.02. The van der Waals surface area contributed by atoms with Crippen molar-refractivity contribution in [2.24, 2.45) is 4.99 Å². The van der Waals surface area contributed by atoms with Crippen LogP contribution in [-0.2, 0) is 16.1 Å². The van der Waals surface area contributed by atoms with Gasteiger partial charge in [0, 0.05) is 52.1 Å². The van der Waals surface area contributed by atoms with Gasteiger partial charge < -0.3 is 25.6 Å². The van der Waals surface area contributed by atoms with Gasteiger partial charge in [-0.15, -0.1) is 0 Å². The Morgan fingerprint density at radius 2 is 2.12 bits per heavy atom. The zero-order valence-corrected chi connectivity index (χ0v) is 15.2. The molecule has 25 heavy (non-hydrogen) atoms. The van der Waals surface area contributed by atoms with Crippen molar-refractivity contribution in [3.8, 4) is 0 Å². The molecule has 0 bridgehead atoms. The second-order valence-electron chi connectivity index (χ2n) is 5.84. The van der Waals surface area contributed by atoms with E-state index in [9.17, 15) is 4.79 Å². The minimum Gasteiger partial charge on any atom is -0.382 e. The Hall–Kier alpha value is -2.28. The number of carbonyl (C=O) groups is 1. The third kappa shape index (κ3) is 6.62. The Kier molecular flexibility index (Phi) is 8.04. The van der Waals surface area contributed by atoms with Gasteiger partial charge in [0.05, 0.1) is 6.54 Å². The van der Waals surface area contributed by atoms with E-state index in [2.05, 4.69) is 50.1 Å². The Balaban J connectivity index is 1.75. The van der Waals surface area contributed by atoms with Gasteiger partial charge in [0.1, 0.15) is 0 Å². The van der Waals surface area contributed by atoms with E-state index in [1.165, 1.54) is 5.56 Å². The van der Waals surface area contributed by atoms with Gasteiger partial charge in [-0.3, -0.25) is 9.79 Å². The standard InChI is InChI=1S/C18H29N5O2/c1-3-25-12-4-9-21-18(19-2)22-13-15-5-7-16(8-6-15)23-11-10-20-17(24)14-23/h5-8H,3-4,9-14H2,1-2H3,(H,20,24)(H2,19,21,22). The number of anilines is 1. The molecule has 0 unspecified atom stereocenters. The molecule has 0 aromatic heterocycles. The molecule has 1 amide bonds. The number of hydrogen-bond donors (Lipinski definition) is 3. The van der Waals surface area contributed by atoms with Crippen LogP contribution in [0.2, 0.25) is 0 Å². The van der Waals surface area contributed by atoms with Crippen molar-refractivity contribution < 1.29 is 9.53 Å². The monoisotopic (exact) mass is 347 g/mol. The number of hydrogen-bond acceptors (Lipinski definition) is 4. The van der Waals surface area contributed by atoms with Gasteiger partial charge in [0.2, 0.25) is 5.91 Å². The fourth-order valence-electron chi connectivity index (χ4n) is 2.62. The maximum Gasteiger partial charge on any atom is 0.239 e. The predicted molar refractivity (Wildman–Crippen MR) is 101 cm³/mol. The van der Waals surface area contributed by atoms with Gasteiger partial charge in [0.25, 0.3) is 0 Å². The number of benzene rings is 1. The van der Waals surface area contributed by atoms with Crippen LogP contribution in [0, 0.1) is 0 Å². The highest BCUT2D eigenvalue weighted by atomic mass is 16.5. The van der Waals surface area contributed by atoms with Crippen molar-refractivity contribution in [1.29, 1.82) is 0 Å². The van der Waals surface area contributed by atoms with Crippen LogP contribution < -0.4 is 20.9 Å². The van der Waals surface area contributed by atoms with E-state index >= 15 is 0 Å². The quantitative estimate of drug-likeness (QED) is 0.367. The van der Waals surface area contributed by atoms with Crippen LogP contribution in [-0.4, -0.2) is 58.3 Å². The lowest BCUT2D eigenvalue weighted by Crippen LogP contribution is -2.47. The zero-order valence-electron chi connectivity index (χ0n) is 15.2. The van der Waals surface area contributed by atoms with E-state index in [-0.39, 0.29) is 5.91 Å². The van der Waals surface area contributed by atoms with Crippen LogP contribution in [0.25, 0.3) is 0 Å². The number of nitrogens with one attached hydrogen (secondary N) is 3. The molecule has 138 valence electrons. The molecule has 7 nitrogen and oxygen atoms in total. The van der Waals surface area contributed by atoms with E-state index in [1.54, 1.807) is 7.05 Å². The summed E-state index contributed by atoms with van der Waals surface area (Å²) >= 11 is 0. The molecule has 1 saturated heterocycles. The lowest BCUT2D eigenvalue weighted by atomic mass is 10.2. The predicted octanol–water partition coefficient (Wildman–Crippen LogP) is 0.714. The van der Waals surface area contributed by atoms with Crippen molar-refractivity contribution in [2.75, 3.05) is 51.3 Å². The normalized spacial score (nSPS) is 15.0. The first-order valence-corrected chi connectivity index (χ1v) is 8.85. The molecule has 7 heteroatoms. The van der Waals surface area contributed by atoms with E-state index in [1.807, 2.05) is 6.92 Å². The minimum absolute atomic E-state index is 0.0798. The molecule has 0 saturated carbocycles. The third-order valence-electron chi connectivity index (χ3n) is 3.99. The Morgan fingerprint density at radius 1 is 1.32 bits per heavy atom. The van der Waals surface area contributed by atoms with E-state index < -0.39 is 0 Å². The van der Waals surface area contributed by atoms with Crippen molar-refractivity contribution in [2.45, 2.75) is 19.9 Å². The van der Waals surface area contributed by atoms with Gasteiger partial charge in [-0.2, -0.15) is 0 Å². The lowest BCUT2D eigenvalue weighted by molar-refractivity contribution is -0.120. The number of rotatable bonds is 8. The van der Waals surface area contributed by atoms with Crippen molar-refractivity contribution in [3.63, 3.8) is 0 Å². The first-order chi connectivity index (χ1) is 12.2. The highest BCUT2D eigenvalue weighted by Crippen LogP contribution is 2.15. The summed E-state index contributed by atoms with van der Waals surface area (Å²) < 4.78 is 5.32. The topological polar surface area (TPSA) is 78.0 Å². The molecular weight excluding hydrogens is 318 g/mol. The molecule has 1 aromatic carbocycles. The van der Waals surface area contributed by atoms with Crippen molar-refractivity contribution in [3.05, 3.63) is 29.8 Å². The third-order valence-corrected chi connectivity index (χ3v) is 3.99. The van der Waals surface area contributed by atoms with E-state index in [4.69, 9.17) is 4.74 Å². The second-order valence-corrected chi connectivity index (χ2v) is 5.84. The zero-order chi connectivity index (χ0) is 17.9. The molecular formula is C18H29N5O2. The Bertz CT molecular complexity index is 559. The molecule has 1 aliphatic rings. The first kappa shape index (κ1) is 19.1. The van der Waals surface area contributed by atoms with Gasteiger partial charge in [-0.1, -0.05) is 12.1 Å². The molecule has 0 aliphatic carbocycles. The maximum atomic E-state index is 11.5. The number of guanidine groups is 1. The smallest absolute Gasteiger partial charge is 0.239 e. The number of aliphatic imine (C=N–C) groups is 1. The number of nitrogens with zero attached hydrogens (tertiary/aromatic N) is 2. The van der Waals surface area contributed by atoms with Gasteiger partial charge in [-0.25, -0.2) is 0 Å². The highest BCUT2D eigenvalue weighted by Gasteiger charge is 2.16. The highest BCUT2D eigenvalue weighted by molar-refractivity contribution is 5.82. The number of carbonyl (C=O) groups excluding carboxylic acids is 1. The van der Waals surface area contributed by atoms with Crippen LogP contribution in [0.5, 0.6) is 0 Å². The molecule has 0 spiro atoms. The summed E-state index contributed by atoms with van der Waals surface area (Å²) in [6, 6.07) is 8.29. The average molecular weight is 347 g/mol. The van der Waals surface area contributed by atoms with Gasteiger partial charge >= 0.3 is 0 Å². The Morgan fingerprint density at radius 3 is 2.80 bits per heavy atom. The minimum atomic E-state index is 0.0798. The van der Waals surface area contributed by atoms with E-state index in [0.717, 1.165) is 44.4 Å². The summed E-state index contributed by atoms with van der Waals surface area (Å²) in [5, 5.41) is 9.42. The molecule has 1 aliphatic heterocycles. The fraction of sp³-hybridized carbons (Fsp3) is 0.556. The molecule has 0 radical (unpaired) electrons. The maximum absolute atomic E-state index is 11.5. The molecule has 2 rings (SSSR count). The molecule has 1 heterocycles. The van der Waals surface area contributed by atoms with Crippen LogP contribution in [0.15, 0.2) is 29.3 Å². The molecule has 1 fully saturated rings. The SMILES string of the molecule is CCOCCCNC(=NC)NCc1ccc(N2CCNC(=O)C2)cc1. The lowest BCUT2D eigenvalue weighted by Gasteiger charge is -2.28. The number of piperazine rings is 1. The molecule has 3 N–H and O–H groups in total. The number of amides is 1. The second kappa shape index (κ2) is 10.6. The number of ether oxygens (including phenoxy) is 1. The van der Waals surface area contributed by atoms with Crippen LogP contribution in [0.1, 0.15) is 18.9 Å². The summed E-state index contributed by atoms with van der Waals surface area (Å²) in [6.07, 6.45) is 0.951. The summed E-state index contributed by atoms with van der Waals surface area (Å²) in [5.41, 5.74) is 2.25. The first-order valence-electron chi connectivity index (χ1n) is 8.85. The Labute approximate surface area is 149 Å².